The fourth-order valence-corrected chi connectivity index (χ4v) is 1.49. The highest BCUT2D eigenvalue weighted by atomic mass is 16.4. The Labute approximate surface area is 65.4 Å². The summed E-state index contributed by atoms with van der Waals surface area (Å²) in [6, 6.07) is 0. The summed E-state index contributed by atoms with van der Waals surface area (Å²) in [6.45, 7) is 1.25. The molecule has 4 heteroatoms. The lowest BCUT2D eigenvalue weighted by atomic mass is 9.99. The molecule has 0 radical (unpaired) electrons. The van der Waals surface area contributed by atoms with E-state index in [-0.39, 0.29) is 6.42 Å². The SMILES string of the molecule is CN1CCC(O)(CC(=O)O)C1. The molecule has 1 fully saturated rings. The second kappa shape index (κ2) is 2.79. The van der Waals surface area contributed by atoms with Gasteiger partial charge in [-0.2, -0.15) is 0 Å². The van der Waals surface area contributed by atoms with E-state index < -0.39 is 11.6 Å². The van der Waals surface area contributed by atoms with Crippen molar-refractivity contribution in [3.05, 3.63) is 0 Å². The number of likely N-dealkylation sites (tertiary alicyclic amines) is 1. The smallest absolute Gasteiger partial charge is 0.306 e. The van der Waals surface area contributed by atoms with Gasteiger partial charge < -0.3 is 15.1 Å². The zero-order valence-electron chi connectivity index (χ0n) is 6.58. The third-order valence-electron chi connectivity index (χ3n) is 2.00. The Morgan fingerprint density at radius 2 is 2.36 bits per heavy atom. The quantitative estimate of drug-likeness (QED) is 0.571. The molecule has 64 valence electrons. The molecule has 1 rings (SSSR count). The molecule has 0 saturated carbocycles. The largest absolute Gasteiger partial charge is 0.481 e. The number of carboxylic acid groups (broad SMARTS) is 1. The number of hydrogen-bond donors (Lipinski definition) is 2. The average Bonchev–Trinajstić information content (AvgIpc) is 2.08. The summed E-state index contributed by atoms with van der Waals surface area (Å²) < 4.78 is 0. The highest BCUT2D eigenvalue weighted by Crippen LogP contribution is 2.22. The van der Waals surface area contributed by atoms with Crippen LogP contribution in [0.5, 0.6) is 0 Å². The lowest BCUT2D eigenvalue weighted by molar-refractivity contribution is -0.142. The molecule has 0 bridgehead atoms. The predicted molar refractivity (Wildman–Crippen MR) is 39.3 cm³/mol. The molecule has 0 aromatic heterocycles. The number of likely N-dealkylation sites (N-methyl/N-ethyl adjacent to an activating group) is 1. The molecule has 0 aromatic carbocycles. The standard InChI is InChI=1S/C7H13NO3/c1-8-3-2-7(11,5-8)4-6(9)10/h11H,2-5H2,1H3,(H,9,10). The van der Waals surface area contributed by atoms with Crippen LogP contribution in [0.1, 0.15) is 12.8 Å². The molecule has 4 nitrogen and oxygen atoms in total. The van der Waals surface area contributed by atoms with Crippen molar-refractivity contribution in [3.63, 3.8) is 0 Å². The van der Waals surface area contributed by atoms with Gasteiger partial charge in [0, 0.05) is 13.1 Å². The van der Waals surface area contributed by atoms with E-state index in [0.29, 0.717) is 13.0 Å². The summed E-state index contributed by atoms with van der Waals surface area (Å²) in [5.41, 5.74) is -0.986. The number of carbonyl (C=O) groups is 1. The molecule has 0 aliphatic carbocycles. The van der Waals surface area contributed by atoms with Crippen LogP contribution >= 0.6 is 0 Å². The highest BCUT2D eigenvalue weighted by Gasteiger charge is 2.36. The van der Waals surface area contributed by atoms with E-state index in [4.69, 9.17) is 5.11 Å². The van der Waals surface area contributed by atoms with E-state index in [1.807, 2.05) is 11.9 Å². The fourth-order valence-electron chi connectivity index (χ4n) is 1.49. The maximum atomic E-state index is 10.3. The van der Waals surface area contributed by atoms with Gasteiger partial charge in [-0.1, -0.05) is 0 Å². The minimum absolute atomic E-state index is 0.142. The van der Waals surface area contributed by atoms with Crippen LogP contribution < -0.4 is 0 Å². The van der Waals surface area contributed by atoms with Gasteiger partial charge in [-0.3, -0.25) is 4.79 Å². The Bertz CT molecular complexity index is 171. The van der Waals surface area contributed by atoms with Crippen LogP contribution in [0.2, 0.25) is 0 Å². The van der Waals surface area contributed by atoms with Crippen molar-refractivity contribution in [2.75, 3.05) is 20.1 Å². The molecule has 0 amide bonds. The van der Waals surface area contributed by atoms with Gasteiger partial charge in [0.05, 0.1) is 12.0 Å². The van der Waals surface area contributed by atoms with E-state index >= 15 is 0 Å². The number of carboxylic acids is 1. The van der Waals surface area contributed by atoms with Crippen LogP contribution in [0.4, 0.5) is 0 Å². The summed E-state index contributed by atoms with van der Waals surface area (Å²) in [5, 5.41) is 18.1. The van der Waals surface area contributed by atoms with Crippen LogP contribution in [0.3, 0.4) is 0 Å². The maximum absolute atomic E-state index is 10.3. The molecule has 1 aliphatic heterocycles. The molecule has 1 heterocycles. The summed E-state index contributed by atoms with van der Waals surface area (Å²) >= 11 is 0. The number of β-amino-alcohol motifs (C(OH)–C–C–N with tert-alkyl or cyclic N) is 1. The highest BCUT2D eigenvalue weighted by molar-refractivity contribution is 5.68. The molecule has 2 N–H and O–H groups in total. The molecule has 1 saturated heterocycles. The van der Waals surface area contributed by atoms with Crippen molar-refractivity contribution in [3.8, 4) is 0 Å². The number of hydrogen-bond acceptors (Lipinski definition) is 3. The summed E-state index contributed by atoms with van der Waals surface area (Å²) in [7, 11) is 1.87. The molecular formula is C7H13NO3. The van der Waals surface area contributed by atoms with Crippen molar-refractivity contribution in [2.24, 2.45) is 0 Å². The normalized spacial score (nSPS) is 32.5. The van der Waals surface area contributed by atoms with Crippen LogP contribution in [-0.2, 0) is 4.79 Å². The third kappa shape index (κ3) is 2.17. The van der Waals surface area contributed by atoms with Gasteiger partial charge in [0.15, 0.2) is 0 Å². The molecule has 11 heavy (non-hydrogen) atoms. The van der Waals surface area contributed by atoms with Crippen molar-refractivity contribution in [2.45, 2.75) is 18.4 Å². The number of aliphatic hydroxyl groups is 1. The van der Waals surface area contributed by atoms with E-state index in [1.165, 1.54) is 0 Å². The summed E-state index contributed by atoms with van der Waals surface area (Å²) in [4.78, 5) is 12.2. The second-order valence-corrected chi connectivity index (χ2v) is 3.28. The first-order chi connectivity index (χ1) is 5.02. The van der Waals surface area contributed by atoms with E-state index in [0.717, 1.165) is 6.54 Å². The number of aliphatic carboxylic acids is 1. The summed E-state index contributed by atoms with van der Waals surface area (Å²) in [5.74, 6) is -0.928. The van der Waals surface area contributed by atoms with Crippen molar-refractivity contribution >= 4 is 5.97 Å². The predicted octanol–water partition coefficient (Wildman–Crippen LogP) is -0.472. The Morgan fingerprint density at radius 3 is 2.73 bits per heavy atom. The summed E-state index contributed by atoms with van der Waals surface area (Å²) in [6.07, 6.45) is 0.424. The van der Waals surface area contributed by atoms with Gasteiger partial charge in [0.25, 0.3) is 0 Å². The van der Waals surface area contributed by atoms with Gasteiger partial charge in [0.1, 0.15) is 0 Å². The topological polar surface area (TPSA) is 60.8 Å². The Balaban J connectivity index is 2.48. The lowest BCUT2D eigenvalue weighted by Gasteiger charge is -2.19. The van der Waals surface area contributed by atoms with Crippen LogP contribution in [0.25, 0.3) is 0 Å². The van der Waals surface area contributed by atoms with Crippen molar-refractivity contribution < 1.29 is 15.0 Å². The first-order valence-electron chi connectivity index (χ1n) is 3.65. The zero-order valence-corrected chi connectivity index (χ0v) is 6.58. The third-order valence-corrected chi connectivity index (χ3v) is 2.00. The molecule has 0 aromatic rings. The van der Waals surface area contributed by atoms with Crippen molar-refractivity contribution in [1.29, 1.82) is 0 Å². The van der Waals surface area contributed by atoms with Gasteiger partial charge in [0.2, 0.25) is 0 Å². The fraction of sp³-hybridized carbons (Fsp3) is 0.857. The zero-order chi connectivity index (χ0) is 8.48. The second-order valence-electron chi connectivity index (χ2n) is 3.28. The number of nitrogens with zero attached hydrogens (tertiary/aromatic N) is 1. The lowest BCUT2D eigenvalue weighted by Crippen LogP contribution is -2.34. The van der Waals surface area contributed by atoms with Gasteiger partial charge in [-0.05, 0) is 13.5 Å². The van der Waals surface area contributed by atoms with E-state index in [2.05, 4.69) is 0 Å². The van der Waals surface area contributed by atoms with Crippen molar-refractivity contribution in [1.82, 2.24) is 4.90 Å². The monoisotopic (exact) mass is 159 g/mol. The van der Waals surface area contributed by atoms with Gasteiger partial charge >= 0.3 is 5.97 Å². The van der Waals surface area contributed by atoms with Crippen LogP contribution in [0.15, 0.2) is 0 Å². The molecule has 0 spiro atoms. The van der Waals surface area contributed by atoms with Gasteiger partial charge in [-0.15, -0.1) is 0 Å². The minimum atomic E-state index is -0.986. The first kappa shape index (κ1) is 8.49. The minimum Gasteiger partial charge on any atom is -0.481 e. The Morgan fingerprint density at radius 1 is 1.73 bits per heavy atom. The van der Waals surface area contributed by atoms with Crippen LogP contribution in [-0.4, -0.2) is 46.8 Å². The van der Waals surface area contributed by atoms with Crippen LogP contribution in [0, 0.1) is 0 Å². The molecular weight excluding hydrogens is 146 g/mol. The maximum Gasteiger partial charge on any atom is 0.306 e. The molecule has 1 aliphatic rings. The average molecular weight is 159 g/mol. The first-order valence-corrected chi connectivity index (χ1v) is 3.65. The molecule has 1 unspecified atom stereocenters. The Kier molecular flexibility index (Phi) is 2.15. The van der Waals surface area contributed by atoms with E-state index in [9.17, 15) is 9.90 Å². The molecule has 1 atom stereocenters. The van der Waals surface area contributed by atoms with Gasteiger partial charge in [-0.25, -0.2) is 0 Å². The van der Waals surface area contributed by atoms with E-state index in [1.54, 1.807) is 0 Å². The number of rotatable bonds is 2. The Hall–Kier alpha value is -0.610.